The van der Waals surface area contributed by atoms with Crippen molar-refractivity contribution < 1.29 is 9.53 Å². The number of nitrogens with one attached hydrogen (secondary N) is 1. The summed E-state index contributed by atoms with van der Waals surface area (Å²) >= 11 is 0. The van der Waals surface area contributed by atoms with Gasteiger partial charge in [0.15, 0.2) is 0 Å². The maximum Gasteiger partial charge on any atom is 0.243 e. The Morgan fingerprint density at radius 3 is 3.05 bits per heavy atom. The Kier molecular flexibility index (Phi) is 4.03. The number of anilines is 1. The van der Waals surface area contributed by atoms with Crippen molar-refractivity contribution in [2.24, 2.45) is 0 Å². The average molecular weight is 274 g/mol. The van der Waals surface area contributed by atoms with Gasteiger partial charge in [-0.25, -0.2) is 0 Å². The molecule has 20 heavy (non-hydrogen) atoms. The molecule has 2 aliphatic rings. The van der Waals surface area contributed by atoms with Crippen LogP contribution in [0.15, 0.2) is 24.3 Å². The van der Waals surface area contributed by atoms with E-state index < -0.39 is 0 Å². The number of carbonyl (C=O) groups is 1. The third-order valence-corrected chi connectivity index (χ3v) is 4.22. The number of amides is 1. The van der Waals surface area contributed by atoms with E-state index in [1.54, 1.807) is 0 Å². The van der Waals surface area contributed by atoms with Crippen molar-refractivity contribution in [1.29, 1.82) is 0 Å². The van der Waals surface area contributed by atoms with Gasteiger partial charge in [0, 0.05) is 25.4 Å². The first kappa shape index (κ1) is 13.6. The van der Waals surface area contributed by atoms with E-state index in [0.717, 1.165) is 44.6 Å². The zero-order valence-corrected chi connectivity index (χ0v) is 12.0. The lowest BCUT2D eigenvalue weighted by Crippen LogP contribution is -2.43. The normalized spacial score (nSPS) is 26.4. The van der Waals surface area contributed by atoms with Gasteiger partial charge in [0.1, 0.15) is 0 Å². The molecular formula is C16H22N2O2. The van der Waals surface area contributed by atoms with E-state index in [2.05, 4.69) is 11.4 Å². The number of nitrogens with zero attached hydrogens (tertiary/aromatic N) is 1. The number of hydrogen-bond acceptors (Lipinski definition) is 3. The first-order chi connectivity index (χ1) is 9.75. The van der Waals surface area contributed by atoms with Gasteiger partial charge in [0.2, 0.25) is 5.91 Å². The Hall–Kier alpha value is -1.39. The molecule has 0 aliphatic carbocycles. The number of ether oxygens (including phenoxy) is 1. The molecule has 3 rings (SSSR count). The Morgan fingerprint density at radius 1 is 1.40 bits per heavy atom. The highest BCUT2D eigenvalue weighted by Gasteiger charge is 2.28. The summed E-state index contributed by atoms with van der Waals surface area (Å²) in [6, 6.07) is 8.03. The smallest absolute Gasteiger partial charge is 0.243 e. The van der Waals surface area contributed by atoms with Crippen LogP contribution in [-0.4, -0.2) is 31.2 Å². The van der Waals surface area contributed by atoms with Crippen LogP contribution >= 0.6 is 0 Å². The first-order valence-corrected chi connectivity index (χ1v) is 7.50. The molecular weight excluding hydrogens is 252 g/mol. The summed E-state index contributed by atoms with van der Waals surface area (Å²) in [5.74, 6) is 0.160. The molecule has 1 saturated heterocycles. The number of benzene rings is 1. The highest BCUT2D eigenvalue weighted by Crippen LogP contribution is 2.25. The Morgan fingerprint density at radius 2 is 2.25 bits per heavy atom. The fraction of sp³-hybridized carbons (Fsp3) is 0.562. The van der Waals surface area contributed by atoms with E-state index in [1.807, 2.05) is 30.0 Å². The quantitative estimate of drug-likeness (QED) is 0.917. The molecule has 108 valence electrons. The molecule has 1 aromatic carbocycles. The van der Waals surface area contributed by atoms with E-state index in [1.165, 1.54) is 5.56 Å². The Bertz CT molecular complexity index is 483. The van der Waals surface area contributed by atoms with Gasteiger partial charge in [-0.05, 0) is 37.8 Å². The Balaban J connectivity index is 1.79. The predicted octanol–water partition coefficient (Wildman–Crippen LogP) is 2.08. The molecule has 2 aliphatic heterocycles. The van der Waals surface area contributed by atoms with Crippen LogP contribution in [0.3, 0.4) is 0 Å². The van der Waals surface area contributed by atoms with Crippen LogP contribution in [0.4, 0.5) is 5.69 Å². The van der Waals surface area contributed by atoms with Crippen molar-refractivity contribution in [2.75, 3.05) is 18.1 Å². The number of hydrogen-bond donors (Lipinski definition) is 1. The summed E-state index contributed by atoms with van der Waals surface area (Å²) in [4.78, 5) is 14.5. The van der Waals surface area contributed by atoms with Gasteiger partial charge in [0.05, 0.1) is 12.1 Å². The van der Waals surface area contributed by atoms with Crippen LogP contribution in [0.2, 0.25) is 0 Å². The van der Waals surface area contributed by atoms with Crippen molar-refractivity contribution in [3.63, 3.8) is 0 Å². The fourth-order valence-corrected chi connectivity index (χ4v) is 3.00. The molecule has 2 unspecified atom stereocenters. The summed E-state index contributed by atoms with van der Waals surface area (Å²) in [5, 5.41) is 3.29. The number of fused-ring (bicyclic) bond motifs is 1. The number of para-hydroxylation sites is 1. The van der Waals surface area contributed by atoms with Crippen molar-refractivity contribution in [3.05, 3.63) is 29.8 Å². The monoisotopic (exact) mass is 274 g/mol. The van der Waals surface area contributed by atoms with Crippen molar-refractivity contribution in [2.45, 2.75) is 44.9 Å². The SMILES string of the molecule is CC1NCc2ccccc2N(CCC2CCCO2)C1=O. The number of carbonyl (C=O) groups excluding carboxylic acids is 1. The molecule has 4 nitrogen and oxygen atoms in total. The van der Waals surface area contributed by atoms with Gasteiger partial charge >= 0.3 is 0 Å². The topological polar surface area (TPSA) is 41.6 Å². The average Bonchev–Trinajstić information content (AvgIpc) is 2.95. The maximum absolute atomic E-state index is 12.5. The van der Waals surface area contributed by atoms with Gasteiger partial charge in [0.25, 0.3) is 0 Å². The first-order valence-electron chi connectivity index (χ1n) is 7.50. The molecule has 0 spiro atoms. The third kappa shape index (κ3) is 2.72. The van der Waals surface area contributed by atoms with Gasteiger partial charge in [-0.1, -0.05) is 18.2 Å². The van der Waals surface area contributed by atoms with Gasteiger partial charge in [-0.15, -0.1) is 0 Å². The summed E-state index contributed by atoms with van der Waals surface area (Å²) in [7, 11) is 0. The van der Waals surface area contributed by atoms with Crippen LogP contribution < -0.4 is 10.2 Å². The highest BCUT2D eigenvalue weighted by atomic mass is 16.5. The van der Waals surface area contributed by atoms with Crippen molar-refractivity contribution >= 4 is 11.6 Å². The molecule has 0 aromatic heterocycles. The second-order valence-corrected chi connectivity index (χ2v) is 5.64. The second kappa shape index (κ2) is 5.94. The molecule has 1 fully saturated rings. The van der Waals surface area contributed by atoms with E-state index in [-0.39, 0.29) is 11.9 Å². The highest BCUT2D eigenvalue weighted by molar-refractivity contribution is 5.98. The molecule has 1 N–H and O–H groups in total. The van der Waals surface area contributed by atoms with Crippen LogP contribution in [0.1, 0.15) is 31.7 Å². The van der Waals surface area contributed by atoms with E-state index in [0.29, 0.717) is 6.10 Å². The van der Waals surface area contributed by atoms with Crippen LogP contribution in [0.5, 0.6) is 0 Å². The van der Waals surface area contributed by atoms with Crippen molar-refractivity contribution in [1.82, 2.24) is 5.32 Å². The predicted molar refractivity (Wildman–Crippen MR) is 78.7 cm³/mol. The van der Waals surface area contributed by atoms with E-state index in [4.69, 9.17) is 4.74 Å². The lowest BCUT2D eigenvalue weighted by molar-refractivity contribution is -0.120. The van der Waals surface area contributed by atoms with Crippen molar-refractivity contribution in [3.8, 4) is 0 Å². The summed E-state index contributed by atoms with van der Waals surface area (Å²) in [6.45, 7) is 4.30. The second-order valence-electron chi connectivity index (χ2n) is 5.64. The largest absolute Gasteiger partial charge is 0.378 e. The zero-order chi connectivity index (χ0) is 13.9. The summed E-state index contributed by atoms with van der Waals surface area (Å²) in [6.07, 6.45) is 3.51. The minimum absolute atomic E-state index is 0.133. The maximum atomic E-state index is 12.5. The van der Waals surface area contributed by atoms with E-state index in [9.17, 15) is 4.79 Å². The van der Waals surface area contributed by atoms with Gasteiger partial charge in [-0.3, -0.25) is 4.79 Å². The van der Waals surface area contributed by atoms with Gasteiger partial charge < -0.3 is 15.0 Å². The molecule has 2 atom stereocenters. The minimum atomic E-state index is -0.133. The molecule has 1 aromatic rings. The standard InChI is InChI=1S/C16H22N2O2/c1-12-16(19)18(9-8-14-6-4-10-20-14)15-7-3-2-5-13(15)11-17-12/h2-3,5,7,12,14,17H,4,6,8-11H2,1H3. The zero-order valence-electron chi connectivity index (χ0n) is 12.0. The van der Waals surface area contributed by atoms with E-state index >= 15 is 0 Å². The molecule has 0 bridgehead atoms. The van der Waals surface area contributed by atoms with Crippen LogP contribution in [-0.2, 0) is 16.1 Å². The lowest BCUT2D eigenvalue weighted by atomic mass is 10.1. The molecule has 4 heteroatoms. The third-order valence-electron chi connectivity index (χ3n) is 4.22. The summed E-state index contributed by atoms with van der Waals surface area (Å²) < 4.78 is 5.67. The number of rotatable bonds is 3. The lowest BCUT2D eigenvalue weighted by Gasteiger charge is -2.25. The summed E-state index contributed by atoms with van der Waals surface area (Å²) in [5.41, 5.74) is 2.24. The molecule has 0 radical (unpaired) electrons. The van der Waals surface area contributed by atoms with Gasteiger partial charge in [-0.2, -0.15) is 0 Å². The molecule has 1 amide bonds. The Labute approximate surface area is 120 Å². The van der Waals surface area contributed by atoms with Crippen LogP contribution in [0, 0.1) is 0 Å². The molecule has 0 saturated carbocycles. The fourth-order valence-electron chi connectivity index (χ4n) is 3.00. The molecule has 2 heterocycles. The van der Waals surface area contributed by atoms with Crippen LogP contribution in [0.25, 0.3) is 0 Å². The minimum Gasteiger partial charge on any atom is -0.378 e.